The Morgan fingerprint density at radius 2 is 0.927 bits per heavy atom. The topological polar surface area (TPSA) is 34.5 Å². The lowest BCUT2D eigenvalue weighted by Crippen LogP contribution is -2.09. The van der Waals surface area contributed by atoms with Crippen molar-refractivity contribution in [3.05, 3.63) is 182 Å². The van der Waals surface area contributed by atoms with Crippen molar-refractivity contribution in [3.63, 3.8) is 0 Å². The number of aromatic nitrogens is 1. The molecule has 8 aromatic carbocycles. The Balaban J connectivity index is 0.980. The van der Waals surface area contributed by atoms with Gasteiger partial charge in [-0.2, -0.15) is 0 Å². The van der Waals surface area contributed by atoms with Gasteiger partial charge >= 0.3 is 0 Å². The van der Waals surface area contributed by atoms with Crippen molar-refractivity contribution in [2.24, 2.45) is 0 Å². The number of thiophene rings is 1. The van der Waals surface area contributed by atoms with Crippen LogP contribution in [-0.2, 0) is 0 Å². The summed E-state index contributed by atoms with van der Waals surface area (Å²) in [5.74, 6) is 0. The molecular formula is C50H30N2O2S. The molecule has 4 nitrogen and oxygen atoms in total. The number of para-hydroxylation sites is 4. The fourth-order valence-corrected chi connectivity index (χ4v) is 9.75. The molecule has 0 spiro atoms. The van der Waals surface area contributed by atoms with Crippen LogP contribution in [0.3, 0.4) is 0 Å². The van der Waals surface area contributed by atoms with E-state index in [0.717, 1.165) is 60.9 Å². The molecule has 0 bridgehead atoms. The van der Waals surface area contributed by atoms with E-state index in [2.05, 4.69) is 167 Å². The van der Waals surface area contributed by atoms with Crippen LogP contribution >= 0.6 is 11.3 Å². The SMILES string of the molecule is c1ccc(-n2c3ccccc3c3c4ccc(-c5ccc(N(c6ccc7c(c6)oc6ccccc67)c6ccc7c(c6)oc6ccccc67)cc5)cc4sc32)cc1. The molecular weight excluding hydrogens is 693 g/mol. The largest absolute Gasteiger partial charge is 0.456 e. The number of hydrogen-bond acceptors (Lipinski definition) is 4. The van der Waals surface area contributed by atoms with Crippen LogP contribution < -0.4 is 4.90 Å². The molecule has 0 radical (unpaired) electrons. The maximum atomic E-state index is 6.36. The van der Waals surface area contributed by atoms with E-state index in [1.165, 1.54) is 48.0 Å². The Kier molecular flexibility index (Phi) is 6.47. The standard InChI is InChI=1S/C50H30N2O2S/c1-2-10-33(11-3-1)52-43-15-7-4-14-41(43)49-42-25-20-32(28-48(42)55-50(49)52)31-18-21-34(22-19-31)51(35-23-26-39-37-12-5-8-16-44(37)53-46(39)29-35)36-24-27-40-38-13-6-9-17-45(38)54-47(40)30-36/h1-30H. The molecule has 0 aliphatic heterocycles. The van der Waals surface area contributed by atoms with Crippen molar-refractivity contribution in [1.82, 2.24) is 4.57 Å². The van der Waals surface area contributed by atoms with Crippen LogP contribution in [0.15, 0.2) is 191 Å². The number of furan rings is 2. The van der Waals surface area contributed by atoms with E-state index < -0.39 is 0 Å². The molecule has 0 atom stereocenters. The van der Waals surface area contributed by atoms with E-state index >= 15 is 0 Å². The molecule has 0 N–H and O–H groups in total. The highest BCUT2D eigenvalue weighted by Crippen LogP contribution is 2.45. The predicted molar refractivity (Wildman–Crippen MR) is 231 cm³/mol. The summed E-state index contributed by atoms with van der Waals surface area (Å²) in [7, 11) is 0. The third-order valence-corrected chi connectivity index (χ3v) is 12.1. The van der Waals surface area contributed by atoms with E-state index in [1.807, 2.05) is 35.6 Å². The van der Waals surface area contributed by atoms with Gasteiger partial charge < -0.3 is 18.3 Å². The van der Waals surface area contributed by atoms with Gasteiger partial charge in [0.1, 0.15) is 27.2 Å². The molecule has 4 heterocycles. The maximum absolute atomic E-state index is 6.36. The molecule has 0 saturated heterocycles. The average molecular weight is 723 g/mol. The fraction of sp³-hybridized carbons (Fsp3) is 0. The minimum atomic E-state index is 0.856. The van der Waals surface area contributed by atoms with Gasteiger partial charge in [0, 0.05) is 77.3 Å². The van der Waals surface area contributed by atoms with Crippen LogP contribution in [0.25, 0.3) is 91.9 Å². The molecule has 0 fully saturated rings. The highest BCUT2D eigenvalue weighted by molar-refractivity contribution is 7.25. The van der Waals surface area contributed by atoms with E-state index in [1.54, 1.807) is 0 Å². The van der Waals surface area contributed by atoms with Gasteiger partial charge in [-0.25, -0.2) is 0 Å². The Bertz CT molecular complexity index is 3330. The van der Waals surface area contributed by atoms with Gasteiger partial charge in [0.2, 0.25) is 0 Å². The van der Waals surface area contributed by atoms with Gasteiger partial charge in [-0.15, -0.1) is 11.3 Å². The second-order valence-electron chi connectivity index (χ2n) is 14.1. The van der Waals surface area contributed by atoms with Gasteiger partial charge in [0.25, 0.3) is 0 Å². The Hall–Kier alpha value is -7.08. The van der Waals surface area contributed by atoms with Crippen LogP contribution in [0.5, 0.6) is 0 Å². The number of hydrogen-bond donors (Lipinski definition) is 0. The van der Waals surface area contributed by atoms with E-state index in [0.29, 0.717) is 0 Å². The first-order chi connectivity index (χ1) is 27.2. The quantitative estimate of drug-likeness (QED) is 0.177. The molecule has 5 heteroatoms. The summed E-state index contributed by atoms with van der Waals surface area (Å²) in [5.41, 5.74) is 11.3. The first-order valence-corrected chi connectivity index (χ1v) is 19.3. The van der Waals surface area contributed by atoms with Crippen molar-refractivity contribution < 1.29 is 8.83 Å². The zero-order valence-electron chi connectivity index (χ0n) is 29.4. The average Bonchev–Trinajstić information content (AvgIpc) is 3.99. The summed E-state index contributed by atoms with van der Waals surface area (Å²) in [6, 6.07) is 64.7. The van der Waals surface area contributed by atoms with E-state index in [4.69, 9.17) is 8.83 Å². The molecule has 0 unspecified atom stereocenters. The van der Waals surface area contributed by atoms with Crippen molar-refractivity contribution in [1.29, 1.82) is 0 Å². The lowest BCUT2D eigenvalue weighted by molar-refractivity contribution is 0.669. The lowest BCUT2D eigenvalue weighted by atomic mass is 10.0. The Morgan fingerprint density at radius 3 is 1.60 bits per heavy atom. The van der Waals surface area contributed by atoms with Crippen LogP contribution in [0.4, 0.5) is 17.1 Å². The highest BCUT2D eigenvalue weighted by atomic mass is 32.1. The minimum absolute atomic E-state index is 0.856. The summed E-state index contributed by atoms with van der Waals surface area (Å²) >= 11 is 1.86. The summed E-state index contributed by atoms with van der Waals surface area (Å²) in [6.45, 7) is 0. The lowest BCUT2D eigenvalue weighted by Gasteiger charge is -2.25. The monoisotopic (exact) mass is 722 g/mol. The predicted octanol–water partition coefficient (Wildman–Crippen LogP) is 14.9. The molecule has 258 valence electrons. The first-order valence-electron chi connectivity index (χ1n) is 18.5. The number of benzene rings is 8. The van der Waals surface area contributed by atoms with Gasteiger partial charge in [0.15, 0.2) is 0 Å². The van der Waals surface area contributed by atoms with E-state index in [-0.39, 0.29) is 0 Å². The highest BCUT2D eigenvalue weighted by Gasteiger charge is 2.20. The van der Waals surface area contributed by atoms with Crippen LogP contribution in [0.2, 0.25) is 0 Å². The number of rotatable bonds is 5. The van der Waals surface area contributed by atoms with Crippen molar-refractivity contribution in [3.8, 4) is 16.8 Å². The second-order valence-corrected chi connectivity index (χ2v) is 15.2. The van der Waals surface area contributed by atoms with Gasteiger partial charge in [-0.3, -0.25) is 0 Å². The normalized spacial score (nSPS) is 12.0. The van der Waals surface area contributed by atoms with Crippen LogP contribution in [-0.4, -0.2) is 4.57 Å². The molecule has 12 rings (SSSR count). The van der Waals surface area contributed by atoms with Gasteiger partial charge in [0.05, 0.1) is 5.52 Å². The summed E-state index contributed by atoms with van der Waals surface area (Å²) in [6.07, 6.45) is 0. The van der Waals surface area contributed by atoms with Gasteiger partial charge in [-0.05, 0) is 83.9 Å². The molecule has 12 aromatic rings. The van der Waals surface area contributed by atoms with Gasteiger partial charge in [-0.1, -0.05) is 97.1 Å². The minimum Gasteiger partial charge on any atom is -0.456 e. The number of nitrogens with zero attached hydrogens (tertiary/aromatic N) is 2. The first kappa shape index (κ1) is 30.4. The fourth-order valence-electron chi connectivity index (χ4n) is 8.46. The van der Waals surface area contributed by atoms with E-state index in [9.17, 15) is 0 Å². The Morgan fingerprint density at radius 1 is 0.400 bits per heavy atom. The third kappa shape index (κ3) is 4.64. The van der Waals surface area contributed by atoms with Crippen molar-refractivity contribution >= 4 is 103 Å². The maximum Gasteiger partial charge on any atom is 0.137 e. The molecule has 0 aliphatic carbocycles. The number of anilines is 3. The van der Waals surface area contributed by atoms with Crippen LogP contribution in [0, 0.1) is 0 Å². The molecule has 0 aliphatic rings. The number of fused-ring (bicyclic) bond motifs is 11. The molecule has 4 aromatic heterocycles. The zero-order chi connectivity index (χ0) is 36.0. The molecule has 55 heavy (non-hydrogen) atoms. The molecule has 0 saturated carbocycles. The van der Waals surface area contributed by atoms with Crippen molar-refractivity contribution in [2.75, 3.05) is 4.90 Å². The summed E-state index contributed by atoms with van der Waals surface area (Å²) in [5, 5.41) is 8.34. The zero-order valence-corrected chi connectivity index (χ0v) is 30.3. The van der Waals surface area contributed by atoms with Crippen molar-refractivity contribution in [2.45, 2.75) is 0 Å². The summed E-state index contributed by atoms with van der Waals surface area (Å²) in [4.78, 5) is 3.56. The summed E-state index contributed by atoms with van der Waals surface area (Å²) < 4.78 is 16.4. The second kappa shape index (κ2) is 11.7. The molecule has 0 amide bonds. The third-order valence-electron chi connectivity index (χ3n) is 11.0. The smallest absolute Gasteiger partial charge is 0.137 e. The van der Waals surface area contributed by atoms with Crippen LogP contribution in [0.1, 0.15) is 0 Å². The Labute approximate surface area is 319 Å².